The Morgan fingerprint density at radius 1 is 0.966 bits per heavy atom. The molecule has 0 amide bonds. The van der Waals surface area contributed by atoms with E-state index < -0.39 is 9.84 Å². The summed E-state index contributed by atoms with van der Waals surface area (Å²) in [5.41, 5.74) is 3.98. The van der Waals surface area contributed by atoms with Gasteiger partial charge in [0.15, 0.2) is 21.3 Å². The van der Waals surface area contributed by atoms with Crippen LogP contribution in [0.4, 0.5) is 0 Å². The topological polar surface area (TPSA) is 70.4 Å². The number of hydrogen-bond acceptors (Lipinski definition) is 5. The number of benzene rings is 2. The Labute approximate surface area is 171 Å². The maximum Gasteiger partial charge on any atom is 0.175 e. The highest BCUT2D eigenvalue weighted by molar-refractivity contribution is 7.90. The molecule has 0 unspecified atom stereocenters. The van der Waals surface area contributed by atoms with Gasteiger partial charge in [-0.1, -0.05) is 6.07 Å². The van der Waals surface area contributed by atoms with Crippen molar-refractivity contribution in [2.24, 2.45) is 0 Å². The molecule has 0 saturated heterocycles. The number of hydrogen-bond donors (Lipinski definition) is 0. The molecule has 152 valence electrons. The van der Waals surface area contributed by atoms with Gasteiger partial charge in [-0.25, -0.2) is 13.4 Å². The number of imidazole rings is 1. The summed E-state index contributed by atoms with van der Waals surface area (Å²) < 4.78 is 37.0. The van der Waals surface area contributed by atoms with Crippen LogP contribution in [0.25, 0.3) is 17.1 Å². The van der Waals surface area contributed by atoms with E-state index in [2.05, 4.69) is 4.57 Å². The Morgan fingerprint density at radius 2 is 1.69 bits per heavy atom. The lowest BCUT2D eigenvalue weighted by molar-refractivity contribution is 0.356. The molecule has 0 fully saturated rings. The van der Waals surface area contributed by atoms with Crippen molar-refractivity contribution >= 4 is 9.84 Å². The minimum Gasteiger partial charge on any atom is -0.493 e. The van der Waals surface area contributed by atoms with E-state index in [0.717, 1.165) is 48.5 Å². The van der Waals surface area contributed by atoms with Crippen LogP contribution in [0.1, 0.15) is 24.2 Å². The lowest BCUT2D eigenvalue weighted by atomic mass is 10.0. The predicted molar refractivity (Wildman–Crippen MR) is 112 cm³/mol. The molecule has 0 saturated carbocycles. The minimum absolute atomic E-state index is 0.302. The van der Waals surface area contributed by atoms with Crippen molar-refractivity contribution in [3.05, 3.63) is 53.9 Å². The van der Waals surface area contributed by atoms with E-state index >= 15 is 0 Å². The first-order valence-corrected chi connectivity index (χ1v) is 11.5. The summed E-state index contributed by atoms with van der Waals surface area (Å²) in [7, 11) is -0.0145. The van der Waals surface area contributed by atoms with Crippen LogP contribution < -0.4 is 9.47 Å². The van der Waals surface area contributed by atoms with Crippen LogP contribution in [-0.4, -0.2) is 38.4 Å². The zero-order valence-electron chi connectivity index (χ0n) is 16.8. The first-order chi connectivity index (χ1) is 13.9. The molecule has 3 aromatic rings. The SMILES string of the molecule is COc1cccc(-c2nc3c(n2-c2ccc(S(C)(=O)=O)cc2)CCCC3)c1OC. The molecule has 1 aliphatic carbocycles. The third-order valence-electron chi connectivity index (χ3n) is 5.30. The van der Waals surface area contributed by atoms with E-state index in [1.54, 1.807) is 26.4 Å². The van der Waals surface area contributed by atoms with Gasteiger partial charge in [-0.2, -0.15) is 0 Å². The zero-order chi connectivity index (χ0) is 20.6. The lowest BCUT2D eigenvalue weighted by Gasteiger charge is -2.17. The van der Waals surface area contributed by atoms with Crippen LogP contribution in [0.2, 0.25) is 0 Å². The monoisotopic (exact) mass is 412 g/mol. The molecule has 0 bridgehead atoms. The lowest BCUT2D eigenvalue weighted by Crippen LogP contribution is -2.08. The molecule has 4 rings (SSSR count). The molecule has 0 aliphatic heterocycles. The first kappa shape index (κ1) is 19.5. The number of fused-ring (bicyclic) bond motifs is 1. The van der Waals surface area contributed by atoms with Crippen LogP contribution in [0.15, 0.2) is 47.4 Å². The Bertz CT molecular complexity index is 1150. The van der Waals surface area contributed by atoms with Crippen molar-refractivity contribution in [2.45, 2.75) is 30.6 Å². The molecular formula is C22H24N2O4S. The van der Waals surface area contributed by atoms with Crippen LogP contribution >= 0.6 is 0 Å². The predicted octanol–water partition coefficient (Wildman–Crippen LogP) is 3.84. The highest BCUT2D eigenvalue weighted by Crippen LogP contribution is 2.40. The minimum atomic E-state index is -3.25. The van der Waals surface area contributed by atoms with Gasteiger partial charge in [0.2, 0.25) is 0 Å². The van der Waals surface area contributed by atoms with Crippen molar-refractivity contribution in [3.63, 3.8) is 0 Å². The summed E-state index contributed by atoms with van der Waals surface area (Å²) in [5.74, 6) is 2.05. The standard InChI is InChI=1S/C22H24N2O4S/c1-27-20-10-6-7-17(21(20)28-2)22-23-18-8-4-5-9-19(18)24(22)15-11-13-16(14-12-15)29(3,25)26/h6-7,10-14H,4-5,8-9H2,1-3H3. The molecule has 0 spiro atoms. The molecule has 29 heavy (non-hydrogen) atoms. The smallest absolute Gasteiger partial charge is 0.175 e. The summed E-state index contributed by atoms with van der Waals surface area (Å²) in [6.45, 7) is 0. The van der Waals surface area contributed by atoms with Crippen LogP contribution in [0.5, 0.6) is 11.5 Å². The quantitative estimate of drug-likeness (QED) is 0.637. The van der Waals surface area contributed by atoms with Gasteiger partial charge in [-0.15, -0.1) is 0 Å². The fraction of sp³-hybridized carbons (Fsp3) is 0.318. The van der Waals surface area contributed by atoms with Gasteiger partial charge in [-0.05, 0) is 62.1 Å². The molecule has 6 nitrogen and oxygen atoms in total. The van der Waals surface area contributed by atoms with E-state index in [4.69, 9.17) is 14.5 Å². The number of ether oxygens (including phenoxy) is 2. The number of para-hydroxylation sites is 1. The highest BCUT2D eigenvalue weighted by Gasteiger charge is 2.25. The summed E-state index contributed by atoms with van der Waals surface area (Å²) in [6.07, 6.45) is 5.31. The Morgan fingerprint density at radius 3 is 2.34 bits per heavy atom. The van der Waals surface area contributed by atoms with E-state index in [9.17, 15) is 8.42 Å². The largest absolute Gasteiger partial charge is 0.493 e. The van der Waals surface area contributed by atoms with Gasteiger partial charge >= 0.3 is 0 Å². The fourth-order valence-electron chi connectivity index (χ4n) is 3.90. The fourth-order valence-corrected chi connectivity index (χ4v) is 4.54. The Balaban J connectivity index is 1.95. The third kappa shape index (κ3) is 3.51. The van der Waals surface area contributed by atoms with Gasteiger partial charge in [0.25, 0.3) is 0 Å². The normalized spacial score (nSPS) is 13.8. The second-order valence-corrected chi connectivity index (χ2v) is 9.19. The molecule has 0 N–H and O–H groups in total. The Kier molecular flexibility index (Phi) is 5.08. The average molecular weight is 413 g/mol. The molecule has 1 aromatic heterocycles. The van der Waals surface area contributed by atoms with E-state index in [1.165, 1.54) is 11.9 Å². The second-order valence-electron chi connectivity index (χ2n) is 7.18. The summed E-state index contributed by atoms with van der Waals surface area (Å²) >= 11 is 0. The highest BCUT2D eigenvalue weighted by atomic mass is 32.2. The van der Waals surface area contributed by atoms with E-state index in [-0.39, 0.29) is 0 Å². The van der Waals surface area contributed by atoms with Crippen LogP contribution in [-0.2, 0) is 22.7 Å². The molecule has 1 heterocycles. The van der Waals surface area contributed by atoms with Crippen molar-refractivity contribution in [1.29, 1.82) is 0 Å². The van der Waals surface area contributed by atoms with Gasteiger partial charge < -0.3 is 9.47 Å². The molecule has 7 heteroatoms. The average Bonchev–Trinajstić information content (AvgIpc) is 3.11. The number of sulfone groups is 1. The maximum atomic E-state index is 11.9. The maximum absolute atomic E-state index is 11.9. The van der Waals surface area contributed by atoms with Crippen molar-refractivity contribution < 1.29 is 17.9 Å². The van der Waals surface area contributed by atoms with Gasteiger partial charge in [0.1, 0.15) is 5.82 Å². The van der Waals surface area contributed by atoms with Gasteiger partial charge in [0, 0.05) is 17.6 Å². The Hall–Kier alpha value is -2.80. The number of methoxy groups -OCH3 is 2. The number of aryl methyl sites for hydroxylation is 1. The summed E-state index contributed by atoms with van der Waals surface area (Å²) in [5, 5.41) is 0. The van der Waals surface area contributed by atoms with E-state index in [0.29, 0.717) is 16.4 Å². The first-order valence-electron chi connectivity index (χ1n) is 9.56. The molecule has 1 aliphatic rings. The van der Waals surface area contributed by atoms with Gasteiger partial charge in [-0.3, -0.25) is 4.57 Å². The molecule has 0 atom stereocenters. The second kappa shape index (κ2) is 7.55. The van der Waals surface area contributed by atoms with Crippen LogP contribution in [0, 0.1) is 0 Å². The molecule has 0 radical (unpaired) electrons. The number of aromatic nitrogens is 2. The third-order valence-corrected chi connectivity index (χ3v) is 6.43. The molecular weight excluding hydrogens is 388 g/mol. The zero-order valence-corrected chi connectivity index (χ0v) is 17.6. The van der Waals surface area contributed by atoms with Gasteiger partial charge in [0.05, 0.1) is 30.4 Å². The summed E-state index contributed by atoms with van der Waals surface area (Å²) in [4.78, 5) is 5.26. The van der Waals surface area contributed by atoms with E-state index in [1.807, 2.05) is 30.3 Å². The van der Waals surface area contributed by atoms with Crippen molar-refractivity contribution in [3.8, 4) is 28.6 Å². The van der Waals surface area contributed by atoms with Crippen molar-refractivity contribution in [1.82, 2.24) is 9.55 Å². The number of rotatable bonds is 5. The van der Waals surface area contributed by atoms with Crippen LogP contribution in [0.3, 0.4) is 0 Å². The van der Waals surface area contributed by atoms with Crippen molar-refractivity contribution in [2.75, 3.05) is 20.5 Å². The summed E-state index contributed by atoms with van der Waals surface area (Å²) in [6, 6.07) is 12.7. The molecule has 2 aromatic carbocycles. The number of nitrogens with zero attached hydrogens (tertiary/aromatic N) is 2.